The molecule has 0 aromatic carbocycles. The first-order valence-corrected chi connectivity index (χ1v) is 3.62. The van der Waals surface area contributed by atoms with Crippen LogP contribution in [-0.4, -0.2) is 33.8 Å². The van der Waals surface area contributed by atoms with Gasteiger partial charge >= 0.3 is 0 Å². The fourth-order valence-electron chi connectivity index (χ4n) is 0.777. The van der Waals surface area contributed by atoms with E-state index in [0.717, 1.165) is 5.69 Å². The molecule has 1 aromatic rings. The molecule has 0 saturated carbocycles. The van der Waals surface area contributed by atoms with Crippen LogP contribution in [0.15, 0.2) is 6.20 Å². The molecule has 2 N–H and O–H groups in total. The second-order valence-corrected chi connectivity index (χ2v) is 2.22. The Morgan fingerprint density at radius 1 is 1.75 bits per heavy atom. The summed E-state index contributed by atoms with van der Waals surface area (Å²) in [6.07, 6.45) is 1.75. The minimum atomic E-state index is 0.0699. The molecule has 0 bridgehead atoms. The van der Waals surface area contributed by atoms with Crippen LogP contribution in [0.1, 0.15) is 5.69 Å². The highest BCUT2D eigenvalue weighted by Gasteiger charge is 1.98. The summed E-state index contributed by atoms with van der Waals surface area (Å²) in [7, 11) is 1.54. The first-order valence-electron chi connectivity index (χ1n) is 3.62. The molecule has 0 saturated heterocycles. The SMILES string of the molecule is CONCc1cn(CCO)nn1. The van der Waals surface area contributed by atoms with Gasteiger partial charge in [0.05, 0.1) is 32.5 Å². The van der Waals surface area contributed by atoms with Crippen LogP contribution in [0, 0.1) is 0 Å². The lowest BCUT2D eigenvalue weighted by molar-refractivity contribution is 0.0858. The first kappa shape index (κ1) is 9.11. The molecule has 0 fully saturated rings. The van der Waals surface area contributed by atoms with E-state index >= 15 is 0 Å². The lowest BCUT2D eigenvalue weighted by Gasteiger charge is -1.95. The molecular weight excluding hydrogens is 160 g/mol. The summed E-state index contributed by atoms with van der Waals surface area (Å²) >= 11 is 0. The number of nitrogens with one attached hydrogen (secondary N) is 1. The van der Waals surface area contributed by atoms with Crippen molar-refractivity contribution < 1.29 is 9.94 Å². The normalized spacial score (nSPS) is 10.5. The smallest absolute Gasteiger partial charge is 0.0988 e. The van der Waals surface area contributed by atoms with E-state index in [4.69, 9.17) is 5.11 Å². The second-order valence-electron chi connectivity index (χ2n) is 2.22. The molecule has 0 atom stereocenters. The van der Waals surface area contributed by atoms with Crippen molar-refractivity contribution >= 4 is 0 Å². The van der Waals surface area contributed by atoms with Gasteiger partial charge in [0.25, 0.3) is 0 Å². The Morgan fingerprint density at radius 3 is 3.25 bits per heavy atom. The van der Waals surface area contributed by atoms with Gasteiger partial charge in [0.15, 0.2) is 0 Å². The Morgan fingerprint density at radius 2 is 2.58 bits per heavy atom. The van der Waals surface area contributed by atoms with Crippen LogP contribution in [0.3, 0.4) is 0 Å². The van der Waals surface area contributed by atoms with Gasteiger partial charge in [-0.15, -0.1) is 5.10 Å². The van der Waals surface area contributed by atoms with Crippen molar-refractivity contribution in [1.82, 2.24) is 20.5 Å². The minimum absolute atomic E-state index is 0.0699. The van der Waals surface area contributed by atoms with E-state index in [1.54, 1.807) is 10.9 Å². The summed E-state index contributed by atoms with van der Waals surface area (Å²) in [6, 6.07) is 0. The van der Waals surface area contributed by atoms with Gasteiger partial charge < -0.3 is 9.94 Å². The van der Waals surface area contributed by atoms with Gasteiger partial charge in [0.2, 0.25) is 0 Å². The Balaban J connectivity index is 2.41. The number of hydrogen-bond acceptors (Lipinski definition) is 5. The maximum Gasteiger partial charge on any atom is 0.0988 e. The molecule has 0 aliphatic carbocycles. The summed E-state index contributed by atoms with van der Waals surface area (Å²) in [5, 5.41) is 16.2. The minimum Gasteiger partial charge on any atom is -0.394 e. The second kappa shape index (κ2) is 4.81. The van der Waals surface area contributed by atoms with Crippen molar-refractivity contribution in [2.75, 3.05) is 13.7 Å². The molecule has 1 rings (SSSR count). The Hall–Kier alpha value is -0.980. The largest absolute Gasteiger partial charge is 0.394 e. The average molecular weight is 172 g/mol. The standard InChI is InChI=1S/C6H12N4O2/c1-12-7-4-6-5-10(2-3-11)9-8-6/h5,7,11H,2-4H2,1H3. The highest BCUT2D eigenvalue weighted by atomic mass is 16.6. The monoisotopic (exact) mass is 172 g/mol. The molecule has 0 unspecified atom stereocenters. The van der Waals surface area contributed by atoms with E-state index in [9.17, 15) is 0 Å². The lowest BCUT2D eigenvalue weighted by atomic mass is 10.5. The van der Waals surface area contributed by atoms with Gasteiger partial charge in [-0.05, 0) is 0 Å². The van der Waals surface area contributed by atoms with Gasteiger partial charge in [-0.3, -0.25) is 0 Å². The zero-order chi connectivity index (χ0) is 8.81. The number of aromatic nitrogens is 3. The summed E-state index contributed by atoms with van der Waals surface area (Å²) in [5.74, 6) is 0. The summed E-state index contributed by atoms with van der Waals surface area (Å²) in [4.78, 5) is 4.64. The average Bonchev–Trinajstić information content (AvgIpc) is 2.50. The molecule has 0 radical (unpaired) electrons. The van der Waals surface area contributed by atoms with Gasteiger partial charge in [0, 0.05) is 6.20 Å². The quantitative estimate of drug-likeness (QED) is 0.553. The summed E-state index contributed by atoms with van der Waals surface area (Å²) in [6.45, 7) is 1.06. The third-order valence-corrected chi connectivity index (χ3v) is 1.31. The molecule has 0 aliphatic rings. The zero-order valence-electron chi connectivity index (χ0n) is 6.90. The topological polar surface area (TPSA) is 72.2 Å². The van der Waals surface area contributed by atoms with Gasteiger partial charge in [0.1, 0.15) is 0 Å². The third-order valence-electron chi connectivity index (χ3n) is 1.31. The van der Waals surface area contributed by atoms with Crippen LogP contribution in [-0.2, 0) is 17.9 Å². The Labute approximate surface area is 70.1 Å². The lowest BCUT2D eigenvalue weighted by Crippen LogP contribution is -2.10. The van der Waals surface area contributed by atoms with Crippen LogP contribution < -0.4 is 5.48 Å². The van der Waals surface area contributed by atoms with Crippen molar-refractivity contribution in [3.63, 3.8) is 0 Å². The fraction of sp³-hybridized carbons (Fsp3) is 0.667. The zero-order valence-corrected chi connectivity index (χ0v) is 6.90. The summed E-state index contributed by atoms with van der Waals surface area (Å²) < 4.78 is 1.58. The van der Waals surface area contributed by atoms with Crippen LogP contribution in [0.4, 0.5) is 0 Å². The predicted molar refractivity (Wildman–Crippen MR) is 41.0 cm³/mol. The van der Waals surface area contributed by atoms with Crippen molar-refractivity contribution in [2.45, 2.75) is 13.1 Å². The molecule has 68 valence electrons. The number of aliphatic hydroxyl groups is 1. The molecule has 0 amide bonds. The van der Waals surface area contributed by atoms with Crippen molar-refractivity contribution in [1.29, 1.82) is 0 Å². The molecule has 12 heavy (non-hydrogen) atoms. The molecule has 1 heterocycles. The number of hydrogen-bond donors (Lipinski definition) is 2. The molecule has 1 aromatic heterocycles. The fourth-order valence-corrected chi connectivity index (χ4v) is 0.777. The van der Waals surface area contributed by atoms with E-state index in [1.165, 1.54) is 7.11 Å². The molecule has 0 aliphatic heterocycles. The van der Waals surface area contributed by atoms with E-state index < -0.39 is 0 Å². The van der Waals surface area contributed by atoms with Crippen LogP contribution in [0.25, 0.3) is 0 Å². The highest BCUT2D eigenvalue weighted by Crippen LogP contribution is 1.91. The number of hydroxylamine groups is 1. The van der Waals surface area contributed by atoms with Crippen LogP contribution >= 0.6 is 0 Å². The van der Waals surface area contributed by atoms with Crippen molar-refractivity contribution in [2.24, 2.45) is 0 Å². The number of aliphatic hydroxyl groups excluding tert-OH is 1. The first-order chi connectivity index (χ1) is 5.86. The maximum atomic E-state index is 8.58. The van der Waals surface area contributed by atoms with Crippen molar-refractivity contribution in [3.8, 4) is 0 Å². The van der Waals surface area contributed by atoms with E-state index in [1.807, 2.05) is 0 Å². The number of rotatable bonds is 5. The van der Waals surface area contributed by atoms with Gasteiger partial charge in [-0.2, -0.15) is 5.48 Å². The Kier molecular flexibility index (Phi) is 3.65. The molecular formula is C6H12N4O2. The van der Waals surface area contributed by atoms with E-state index in [2.05, 4.69) is 20.6 Å². The summed E-state index contributed by atoms with van der Waals surface area (Å²) in [5.41, 5.74) is 3.42. The van der Waals surface area contributed by atoms with E-state index in [-0.39, 0.29) is 6.61 Å². The van der Waals surface area contributed by atoms with Gasteiger partial charge in [-0.25, -0.2) is 4.68 Å². The Bertz CT molecular complexity index is 225. The third kappa shape index (κ3) is 2.57. The predicted octanol–water partition coefficient (Wildman–Crippen LogP) is -1.08. The highest BCUT2D eigenvalue weighted by molar-refractivity contribution is 4.90. The van der Waals surface area contributed by atoms with Crippen molar-refractivity contribution in [3.05, 3.63) is 11.9 Å². The maximum absolute atomic E-state index is 8.58. The van der Waals surface area contributed by atoms with Crippen LogP contribution in [0.2, 0.25) is 0 Å². The van der Waals surface area contributed by atoms with Gasteiger partial charge in [-0.1, -0.05) is 5.21 Å². The molecule has 6 heteroatoms. The van der Waals surface area contributed by atoms with Crippen LogP contribution in [0.5, 0.6) is 0 Å². The number of nitrogens with zero attached hydrogens (tertiary/aromatic N) is 3. The molecule has 6 nitrogen and oxygen atoms in total. The molecule has 0 spiro atoms. The van der Waals surface area contributed by atoms with E-state index in [0.29, 0.717) is 13.1 Å².